The van der Waals surface area contributed by atoms with Gasteiger partial charge in [0.15, 0.2) is 0 Å². The lowest BCUT2D eigenvalue weighted by molar-refractivity contribution is -0.144. The molecule has 1 aromatic heterocycles. The van der Waals surface area contributed by atoms with Gasteiger partial charge in [-0.15, -0.1) is 0 Å². The van der Waals surface area contributed by atoms with Crippen LogP contribution in [0.1, 0.15) is 55.0 Å². The predicted octanol–water partition coefficient (Wildman–Crippen LogP) is 7.56. The summed E-state index contributed by atoms with van der Waals surface area (Å²) >= 11 is 6.05. The fourth-order valence-electron chi connectivity index (χ4n) is 4.38. The number of nitrogens with zero attached hydrogens (tertiary/aromatic N) is 2. The number of alkyl halides is 3. The Bertz CT molecular complexity index is 1140. The van der Waals surface area contributed by atoms with Gasteiger partial charge in [0.1, 0.15) is 11.4 Å². The second-order valence-corrected chi connectivity index (χ2v) is 10.1. The van der Waals surface area contributed by atoms with E-state index in [1.54, 1.807) is 62.5 Å². The highest BCUT2D eigenvalue weighted by molar-refractivity contribution is 6.30. The minimum absolute atomic E-state index is 0.0436. The topological polar surface area (TPSA) is 25.2 Å². The lowest BCUT2D eigenvalue weighted by Crippen LogP contribution is -2.36. The molecule has 3 aromatic rings. The summed E-state index contributed by atoms with van der Waals surface area (Å²) in [5, 5.41) is 0.472. The molecule has 0 spiro atoms. The second kappa shape index (κ2) is 9.87. The average molecular weight is 491 g/mol. The molecule has 3 rings (SSSR count). The third kappa shape index (κ3) is 5.66. The van der Waals surface area contributed by atoms with Crippen LogP contribution in [0.2, 0.25) is 5.02 Å². The number of amides is 1. The van der Waals surface area contributed by atoms with Crippen molar-refractivity contribution in [1.29, 1.82) is 0 Å². The fraction of sp³-hybridized carbons (Fsp3) is 0.370. The maximum Gasteiger partial charge on any atom is 0.431 e. The SMILES string of the molecule is CCc1c(-c2ccc(Cl)cc2)c(C(=O)N(C)CC(C)(C)C)n(Cc2ccccc2)c1C(F)(F)F. The van der Waals surface area contributed by atoms with E-state index in [1.807, 2.05) is 26.8 Å². The van der Waals surface area contributed by atoms with Crippen molar-refractivity contribution in [2.75, 3.05) is 13.6 Å². The van der Waals surface area contributed by atoms with Crippen LogP contribution in [-0.2, 0) is 19.1 Å². The number of aromatic nitrogens is 1. The molecule has 0 aliphatic carbocycles. The fourth-order valence-corrected chi connectivity index (χ4v) is 4.50. The Morgan fingerprint density at radius 1 is 1.00 bits per heavy atom. The molecule has 0 N–H and O–H groups in total. The van der Waals surface area contributed by atoms with Crippen LogP contribution in [0.25, 0.3) is 11.1 Å². The Balaban J connectivity index is 2.36. The number of hydrogen-bond acceptors (Lipinski definition) is 1. The normalized spacial score (nSPS) is 12.1. The molecule has 0 saturated carbocycles. The van der Waals surface area contributed by atoms with Gasteiger partial charge in [-0.3, -0.25) is 4.79 Å². The number of carbonyl (C=O) groups excluding carboxylic acids is 1. The predicted molar refractivity (Wildman–Crippen MR) is 131 cm³/mol. The van der Waals surface area contributed by atoms with Crippen molar-refractivity contribution >= 4 is 17.5 Å². The molecule has 0 aliphatic heterocycles. The summed E-state index contributed by atoms with van der Waals surface area (Å²) in [4.78, 5) is 15.3. The Kier molecular flexibility index (Phi) is 7.51. The van der Waals surface area contributed by atoms with Crippen LogP contribution in [-0.4, -0.2) is 29.0 Å². The molecule has 182 valence electrons. The molecule has 0 atom stereocenters. The van der Waals surface area contributed by atoms with Gasteiger partial charge in [0, 0.05) is 30.7 Å². The van der Waals surface area contributed by atoms with E-state index in [9.17, 15) is 18.0 Å². The third-order valence-corrected chi connectivity index (χ3v) is 5.82. The summed E-state index contributed by atoms with van der Waals surface area (Å²) < 4.78 is 44.8. The van der Waals surface area contributed by atoms with E-state index in [4.69, 9.17) is 11.6 Å². The molecule has 0 radical (unpaired) electrons. The van der Waals surface area contributed by atoms with Crippen molar-refractivity contribution in [3.8, 4) is 11.1 Å². The minimum Gasteiger partial charge on any atom is -0.340 e. The number of halogens is 4. The zero-order chi connectivity index (χ0) is 25.3. The summed E-state index contributed by atoms with van der Waals surface area (Å²) in [5.74, 6) is -0.444. The van der Waals surface area contributed by atoms with Gasteiger partial charge in [-0.1, -0.05) is 81.8 Å². The first kappa shape index (κ1) is 25.9. The Morgan fingerprint density at radius 3 is 2.09 bits per heavy atom. The largest absolute Gasteiger partial charge is 0.431 e. The Hall–Kier alpha value is -2.73. The standard InChI is InChI=1S/C27H30ClF3N2O/c1-6-21-22(19-12-14-20(28)15-13-19)23(25(34)32(5)17-26(2,3)4)33(24(21)27(29,30)31)16-18-10-8-7-9-11-18/h7-15H,6,16-17H2,1-5H3. The molecule has 0 saturated heterocycles. The molecule has 34 heavy (non-hydrogen) atoms. The van der Waals surface area contributed by atoms with E-state index in [1.165, 1.54) is 4.90 Å². The molecule has 0 fully saturated rings. The van der Waals surface area contributed by atoms with Crippen LogP contribution >= 0.6 is 11.6 Å². The third-order valence-electron chi connectivity index (χ3n) is 5.56. The van der Waals surface area contributed by atoms with Gasteiger partial charge in [-0.05, 0) is 40.7 Å². The van der Waals surface area contributed by atoms with E-state index in [2.05, 4.69) is 0 Å². The van der Waals surface area contributed by atoms with Gasteiger partial charge < -0.3 is 9.47 Å². The molecular weight excluding hydrogens is 461 g/mol. The van der Waals surface area contributed by atoms with E-state index in [0.717, 1.165) is 4.57 Å². The monoisotopic (exact) mass is 490 g/mol. The van der Waals surface area contributed by atoms with Crippen LogP contribution in [0.5, 0.6) is 0 Å². The van der Waals surface area contributed by atoms with E-state index in [-0.39, 0.29) is 29.6 Å². The first-order valence-electron chi connectivity index (χ1n) is 11.2. The first-order valence-corrected chi connectivity index (χ1v) is 11.6. The number of rotatable bonds is 6. The maximum atomic E-state index is 14.5. The quantitative estimate of drug-likeness (QED) is 0.350. The van der Waals surface area contributed by atoms with Crippen LogP contribution < -0.4 is 0 Å². The Labute approximate surface area is 204 Å². The summed E-state index contributed by atoms with van der Waals surface area (Å²) in [6.45, 7) is 7.96. The maximum absolute atomic E-state index is 14.5. The molecular formula is C27H30ClF3N2O. The molecule has 7 heteroatoms. The lowest BCUT2D eigenvalue weighted by Gasteiger charge is -2.28. The highest BCUT2D eigenvalue weighted by Gasteiger charge is 2.42. The summed E-state index contributed by atoms with van der Waals surface area (Å²) in [7, 11) is 1.64. The average Bonchev–Trinajstić information content (AvgIpc) is 3.07. The zero-order valence-corrected chi connectivity index (χ0v) is 20.9. The molecule has 2 aromatic carbocycles. The van der Waals surface area contributed by atoms with Gasteiger partial charge in [0.25, 0.3) is 5.91 Å². The van der Waals surface area contributed by atoms with Gasteiger partial charge in [0.05, 0.1) is 0 Å². The second-order valence-electron chi connectivity index (χ2n) is 9.70. The van der Waals surface area contributed by atoms with Crippen molar-refractivity contribution < 1.29 is 18.0 Å². The van der Waals surface area contributed by atoms with Gasteiger partial charge in [-0.2, -0.15) is 13.2 Å². The smallest absolute Gasteiger partial charge is 0.340 e. The van der Waals surface area contributed by atoms with Crippen LogP contribution in [0.3, 0.4) is 0 Å². The van der Waals surface area contributed by atoms with Crippen molar-refractivity contribution in [3.05, 3.63) is 82.1 Å². The molecule has 1 amide bonds. The summed E-state index contributed by atoms with van der Waals surface area (Å²) in [5.41, 5.74) is 0.680. The zero-order valence-electron chi connectivity index (χ0n) is 20.1. The van der Waals surface area contributed by atoms with Crippen molar-refractivity contribution in [3.63, 3.8) is 0 Å². The van der Waals surface area contributed by atoms with Crippen molar-refractivity contribution in [2.24, 2.45) is 5.41 Å². The number of carbonyl (C=O) groups is 1. The van der Waals surface area contributed by atoms with Gasteiger partial charge >= 0.3 is 6.18 Å². The highest BCUT2D eigenvalue weighted by atomic mass is 35.5. The van der Waals surface area contributed by atoms with E-state index in [0.29, 0.717) is 28.3 Å². The molecule has 1 heterocycles. The Morgan fingerprint density at radius 2 is 1.59 bits per heavy atom. The van der Waals surface area contributed by atoms with Crippen LogP contribution in [0.15, 0.2) is 54.6 Å². The summed E-state index contributed by atoms with van der Waals surface area (Å²) in [6.07, 6.45) is -4.51. The first-order chi connectivity index (χ1) is 15.8. The van der Waals surface area contributed by atoms with Crippen molar-refractivity contribution in [2.45, 2.75) is 46.8 Å². The number of benzene rings is 2. The van der Waals surface area contributed by atoms with Crippen LogP contribution in [0.4, 0.5) is 13.2 Å². The minimum atomic E-state index is -4.64. The van der Waals surface area contributed by atoms with Gasteiger partial charge in [-0.25, -0.2) is 0 Å². The van der Waals surface area contributed by atoms with Crippen LogP contribution in [0, 0.1) is 5.41 Å². The van der Waals surface area contributed by atoms with E-state index >= 15 is 0 Å². The molecule has 0 bridgehead atoms. The highest BCUT2D eigenvalue weighted by Crippen LogP contribution is 2.42. The summed E-state index contributed by atoms with van der Waals surface area (Å²) in [6, 6.07) is 15.5. The van der Waals surface area contributed by atoms with Gasteiger partial charge in [0.2, 0.25) is 0 Å². The number of hydrogen-bond donors (Lipinski definition) is 0. The molecule has 0 unspecified atom stereocenters. The molecule has 3 nitrogen and oxygen atoms in total. The van der Waals surface area contributed by atoms with E-state index < -0.39 is 17.8 Å². The molecule has 0 aliphatic rings. The lowest BCUT2D eigenvalue weighted by atomic mass is 9.95. The van der Waals surface area contributed by atoms with Crippen molar-refractivity contribution in [1.82, 2.24) is 9.47 Å².